The van der Waals surface area contributed by atoms with Crippen LogP contribution in [0.4, 0.5) is 5.69 Å². The van der Waals surface area contributed by atoms with E-state index in [4.69, 9.17) is 4.74 Å². The highest BCUT2D eigenvalue weighted by molar-refractivity contribution is 6.14. The molecular weight excluding hydrogens is 328 g/mol. The first-order valence-electron chi connectivity index (χ1n) is 8.75. The number of carbonyl (C=O) groups excluding carboxylic acids is 2. The number of Topliss-reactive ketones (excluding diaryl/α,β-unsaturated/α-hetero) is 1. The minimum atomic E-state index is -0.200. The van der Waals surface area contributed by atoms with Crippen LogP contribution >= 0.6 is 0 Å². The summed E-state index contributed by atoms with van der Waals surface area (Å²) in [7, 11) is 0. The van der Waals surface area contributed by atoms with Gasteiger partial charge in [0.1, 0.15) is 5.75 Å². The highest BCUT2D eigenvalue weighted by Gasteiger charge is 2.29. The van der Waals surface area contributed by atoms with E-state index in [-0.39, 0.29) is 24.8 Å². The molecule has 2 heterocycles. The molecule has 26 heavy (non-hydrogen) atoms. The average Bonchev–Trinajstić information content (AvgIpc) is 2.95. The summed E-state index contributed by atoms with van der Waals surface area (Å²) in [6.45, 7) is 4.79. The second-order valence-electron chi connectivity index (χ2n) is 6.38. The Morgan fingerprint density at radius 1 is 1.12 bits per heavy atom. The van der Waals surface area contributed by atoms with E-state index in [1.54, 1.807) is 0 Å². The van der Waals surface area contributed by atoms with Gasteiger partial charge in [0.2, 0.25) is 0 Å². The number of aromatic nitrogens is 1. The molecule has 2 aromatic carbocycles. The van der Waals surface area contributed by atoms with Crippen molar-refractivity contribution < 1.29 is 14.3 Å². The summed E-state index contributed by atoms with van der Waals surface area (Å²) in [6.07, 6.45) is 0. The van der Waals surface area contributed by atoms with E-state index in [1.807, 2.05) is 55.5 Å². The Bertz CT molecular complexity index is 1020. The Hall–Kier alpha value is -3.08. The minimum absolute atomic E-state index is 0.0117. The fraction of sp³-hybridized carbons (Fsp3) is 0.238. The van der Waals surface area contributed by atoms with Crippen molar-refractivity contribution in [1.29, 1.82) is 0 Å². The van der Waals surface area contributed by atoms with E-state index < -0.39 is 0 Å². The maximum atomic E-state index is 13.2. The summed E-state index contributed by atoms with van der Waals surface area (Å²) in [5, 5.41) is 0.936. The molecule has 0 aliphatic carbocycles. The number of anilines is 1. The number of benzene rings is 2. The first-order valence-corrected chi connectivity index (χ1v) is 8.75. The number of ketones is 1. The zero-order valence-electron chi connectivity index (χ0n) is 14.9. The van der Waals surface area contributed by atoms with Crippen molar-refractivity contribution in [3.63, 3.8) is 0 Å². The first-order chi connectivity index (χ1) is 12.6. The number of ether oxygens (including phenoxy) is 1. The van der Waals surface area contributed by atoms with Gasteiger partial charge < -0.3 is 9.30 Å². The fourth-order valence-corrected chi connectivity index (χ4v) is 3.74. The van der Waals surface area contributed by atoms with E-state index in [0.29, 0.717) is 17.0 Å². The molecule has 1 amide bonds. The van der Waals surface area contributed by atoms with Crippen molar-refractivity contribution in [3.8, 4) is 5.75 Å². The number of hydrogen-bond acceptors (Lipinski definition) is 3. The van der Waals surface area contributed by atoms with Gasteiger partial charge in [0.15, 0.2) is 12.4 Å². The zero-order chi connectivity index (χ0) is 18.3. The zero-order valence-corrected chi connectivity index (χ0v) is 14.9. The number of fused-ring (bicyclic) bond motifs is 2. The molecule has 5 nitrogen and oxygen atoms in total. The number of rotatable bonds is 4. The van der Waals surface area contributed by atoms with Crippen LogP contribution in [-0.4, -0.2) is 29.4 Å². The van der Waals surface area contributed by atoms with Gasteiger partial charge in [-0.1, -0.05) is 30.3 Å². The van der Waals surface area contributed by atoms with Crippen LogP contribution in [0.2, 0.25) is 0 Å². The normalized spacial score (nSPS) is 13.6. The maximum absolute atomic E-state index is 13.2. The van der Waals surface area contributed by atoms with Crippen LogP contribution in [0.25, 0.3) is 10.9 Å². The summed E-state index contributed by atoms with van der Waals surface area (Å²) in [5.41, 5.74) is 3.32. The van der Waals surface area contributed by atoms with E-state index in [9.17, 15) is 9.59 Å². The Labute approximate surface area is 151 Å². The van der Waals surface area contributed by atoms with E-state index >= 15 is 0 Å². The lowest BCUT2D eigenvalue weighted by molar-refractivity contribution is -0.121. The number of amides is 1. The van der Waals surface area contributed by atoms with Crippen molar-refractivity contribution in [3.05, 3.63) is 59.8 Å². The van der Waals surface area contributed by atoms with Crippen LogP contribution in [0.15, 0.2) is 48.5 Å². The summed E-state index contributed by atoms with van der Waals surface area (Å²) in [5.74, 6) is 0.373. The quantitative estimate of drug-likeness (QED) is 0.677. The lowest BCUT2D eigenvalue weighted by atomic mass is 10.1. The van der Waals surface area contributed by atoms with Crippen molar-refractivity contribution in [2.75, 3.05) is 18.1 Å². The van der Waals surface area contributed by atoms with Gasteiger partial charge in [0, 0.05) is 28.7 Å². The van der Waals surface area contributed by atoms with Crippen LogP contribution < -0.4 is 9.64 Å². The van der Waals surface area contributed by atoms with Gasteiger partial charge in [-0.3, -0.25) is 14.5 Å². The van der Waals surface area contributed by atoms with Crippen molar-refractivity contribution in [2.24, 2.45) is 0 Å². The van der Waals surface area contributed by atoms with Crippen LogP contribution in [-0.2, 0) is 11.3 Å². The molecular formula is C21H20N2O3. The van der Waals surface area contributed by atoms with E-state index in [1.165, 1.54) is 4.90 Å². The molecule has 0 radical (unpaired) electrons. The molecule has 0 N–H and O–H groups in total. The van der Waals surface area contributed by atoms with Crippen molar-refractivity contribution >= 4 is 28.3 Å². The van der Waals surface area contributed by atoms with Crippen LogP contribution in [0, 0.1) is 6.92 Å². The summed E-state index contributed by atoms with van der Waals surface area (Å²) in [4.78, 5) is 27.1. The summed E-state index contributed by atoms with van der Waals surface area (Å²) >= 11 is 0. The number of carbonyl (C=O) groups is 2. The smallest absolute Gasteiger partial charge is 0.265 e. The second kappa shape index (κ2) is 6.33. The molecule has 1 aliphatic heterocycles. The van der Waals surface area contributed by atoms with Gasteiger partial charge >= 0.3 is 0 Å². The highest BCUT2D eigenvalue weighted by Crippen LogP contribution is 2.32. The summed E-state index contributed by atoms with van der Waals surface area (Å²) < 4.78 is 7.60. The van der Waals surface area contributed by atoms with Crippen LogP contribution in [0.5, 0.6) is 5.75 Å². The molecule has 0 atom stereocenters. The number of aryl methyl sites for hydroxylation is 1. The topological polar surface area (TPSA) is 51.5 Å². The van der Waals surface area contributed by atoms with Crippen molar-refractivity contribution in [2.45, 2.75) is 20.4 Å². The molecule has 0 saturated carbocycles. The molecule has 0 saturated heterocycles. The third-order valence-corrected chi connectivity index (χ3v) is 4.94. The van der Waals surface area contributed by atoms with Crippen LogP contribution in [0.3, 0.4) is 0 Å². The molecule has 1 aliphatic rings. The Morgan fingerprint density at radius 3 is 2.65 bits per heavy atom. The largest absolute Gasteiger partial charge is 0.482 e. The maximum Gasteiger partial charge on any atom is 0.265 e. The first kappa shape index (κ1) is 16.4. The fourth-order valence-electron chi connectivity index (χ4n) is 3.74. The molecule has 3 aromatic rings. The molecule has 132 valence electrons. The van der Waals surface area contributed by atoms with Gasteiger partial charge in [-0.05, 0) is 32.0 Å². The van der Waals surface area contributed by atoms with Gasteiger partial charge in [0.25, 0.3) is 5.91 Å². The second-order valence-corrected chi connectivity index (χ2v) is 6.38. The van der Waals surface area contributed by atoms with E-state index in [2.05, 4.69) is 11.5 Å². The van der Waals surface area contributed by atoms with Gasteiger partial charge in [-0.2, -0.15) is 0 Å². The average molecular weight is 348 g/mol. The third kappa shape index (κ3) is 2.47. The monoisotopic (exact) mass is 348 g/mol. The van der Waals surface area contributed by atoms with Gasteiger partial charge in [0.05, 0.1) is 12.2 Å². The standard InChI is InChI=1S/C21H20N2O3/c1-3-22-14(2)21(15-8-4-5-9-16(15)22)18(24)12-23-17-10-6-7-11-19(17)26-13-20(23)25/h4-11H,3,12-13H2,1-2H3. The molecule has 1 aromatic heterocycles. The molecule has 0 spiro atoms. The lowest BCUT2D eigenvalue weighted by Crippen LogP contribution is -2.42. The number of para-hydroxylation sites is 3. The molecule has 5 heteroatoms. The van der Waals surface area contributed by atoms with Crippen LogP contribution in [0.1, 0.15) is 23.0 Å². The highest BCUT2D eigenvalue weighted by atomic mass is 16.5. The van der Waals surface area contributed by atoms with Gasteiger partial charge in [-0.25, -0.2) is 0 Å². The Kier molecular flexibility index (Phi) is 3.99. The molecule has 0 fully saturated rings. The molecule has 0 bridgehead atoms. The molecule has 4 rings (SSSR count). The minimum Gasteiger partial charge on any atom is -0.482 e. The lowest BCUT2D eigenvalue weighted by Gasteiger charge is -2.28. The predicted molar refractivity (Wildman–Crippen MR) is 101 cm³/mol. The summed E-state index contributed by atoms with van der Waals surface area (Å²) in [6, 6.07) is 15.2. The predicted octanol–water partition coefficient (Wildman–Crippen LogP) is 3.58. The Morgan fingerprint density at radius 2 is 1.85 bits per heavy atom. The van der Waals surface area contributed by atoms with Gasteiger partial charge in [-0.15, -0.1) is 0 Å². The Balaban J connectivity index is 1.75. The number of nitrogens with zero attached hydrogens (tertiary/aromatic N) is 2. The van der Waals surface area contributed by atoms with Crippen molar-refractivity contribution in [1.82, 2.24) is 4.57 Å². The SMILES string of the molecule is CCn1c(C)c(C(=O)CN2C(=O)COc3ccccc32)c2ccccc21. The third-order valence-electron chi connectivity index (χ3n) is 4.94. The molecule has 0 unspecified atom stereocenters. The number of hydrogen-bond donors (Lipinski definition) is 0. The van der Waals surface area contributed by atoms with E-state index in [0.717, 1.165) is 23.1 Å².